The number of ether oxygens (including phenoxy) is 1. The van der Waals surface area contributed by atoms with Crippen LogP contribution in [0.4, 0.5) is 0 Å². The summed E-state index contributed by atoms with van der Waals surface area (Å²) >= 11 is 1.59. The number of carbonyl (C=O) groups excluding carboxylic acids is 2. The molecule has 0 saturated heterocycles. The van der Waals surface area contributed by atoms with E-state index in [1.165, 1.54) is 5.01 Å². The van der Waals surface area contributed by atoms with Crippen molar-refractivity contribution in [2.45, 2.75) is 25.8 Å². The molecule has 4 rings (SSSR count). The molecular weight excluding hydrogens is 388 g/mol. The van der Waals surface area contributed by atoms with E-state index in [9.17, 15) is 9.59 Å². The number of carbonyl (C=O) groups is 2. The van der Waals surface area contributed by atoms with Crippen molar-refractivity contribution in [3.8, 4) is 5.75 Å². The molecule has 0 saturated carbocycles. The molecule has 3 aromatic rings. The fourth-order valence-electron chi connectivity index (χ4n) is 3.19. The minimum absolute atomic E-state index is 0.0725. The zero-order valence-corrected chi connectivity index (χ0v) is 16.7. The number of ketones is 1. The molecule has 0 aliphatic carbocycles. The SMILES string of the molecule is CCC(=O)c1ccc(OCC(=O)N2N=C(c3ccco3)CC2c2cccs2)cc1. The van der Waals surface area contributed by atoms with Crippen LogP contribution in [0.2, 0.25) is 0 Å². The molecule has 148 valence electrons. The average Bonchev–Trinajstić information content (AvgIpc) is 3.51. The molecule has 3 heterocycles. The van der Waals surface area contributed by atoms with Crippen molar-refractivity contribution < 1.29 is 18.7 Å². The van der Waals surface area contributed by atoms with Crippen molar-refractivity contribution in [1.82, 2.24) is 5.01 Å². The maximum atomic E-state index is 12.9. The van der Waals surface area contributed by atoms with Crippen LogP contribution in [0.15, 0.2) is 69.7 Å². The summed E-state index contributed by atoms with van der Waals surface area (Å²) in [5, 5.41) is 7.99. The largest absolute Gasteiger partial charge is 0.484 e. The van der Waals surface area contributed by atoms with Gasteiger partial charge in [0, 0.05) is 23.3 Å². The van der Waals surface area contributed by atoms with E-state index < -0.39 is 0 Å². The number of rotatable bonds is 7. The maximum Gasteiger partial charge on any atom is 0.281 e. The molecule has 0 radical (unpaired) electrons. The van der Waals surface area contributed by atoms with E-state index >= 15 is 0 Å². The third-order valence-corrected chi connectivity index (χ3v) is 5.68. The maximum absolute atomic E-state index is 12.9. The van der Waals surface area contributed by atoms with Crippen LogP contribution in [-0.4, -0.2) is 29.0 Å². The Morgan fingerprint density at radius 3 is 2.69 bits per heavy atom. The summed E-state index contributed by atoms with van der Waals surface area (Å²) in [6, 6.07) is 14.3. The van der Waals surface area contributed by atoms with Gasteiger partial charge in [0.05, 0.1) is 12.3 Å². The number of hydrogen-bond donors (Lipinski definition) is 0. The molecule has 2 aromatic heterocycles. The van der Waals surface area contributed by atoms with Gasteiger partial charge in [-0.15, -0.1) is 11.3 Å². The highest BCUT2D eigenvalue weighted by Crippen LogP contribution is 2.35. The number of nitrogens with zero attached hydrogens (tertiary/aromatic N) is 2. The summed E-state index contributed by atoms with van der Waals surface area (Å²) in [6.45, 7) is 1.68. The van der Waals surface area contributed by atoms with Crippen molar-refractivity contribution in [3.05, 3.63) is 76.4 Å². The van der Waals surface area contributed by atoms with Crippen molar-refractivity contribution in [2.75, 3.05) is 6.61 Å². The zero-order valence-electron chi connectivity index (χ0n) is 15.9. The van der Waals surface area contributed by atoms with Crippen LogP contribution >= 0.6 is 11.3 Å². The predicted octanol–water partition coefficient (Wildman–Crippen LogP) is 4.69. The molecule has 6 nitrogen and oxygen atoms in total. The number of Topliss-reactive ketones (excluding diaryl/α,β-unsaturated/α-hetero) is 1. The Balaban J connectivity index is 1.47. The summed E-state index contributed by atoms with van der Waals surface area (Å²) in [5.74, 6) is 1.04. The van der Waals surface area contributed by atoms with Gasteiger partial charge in [-0.2, -0.15) is 5.10 Å². The molecule has 0 N–H and O–H groups in total. The van der Waals surface area contributed by atoms with Crippen molar-refractivity contribution in [3.63, 3.8) is 0 Å². The van der Waals surface area contributed by atoms with Crippen LogP contribution < -0.4 is 4.74 Å². The van der Waals surface area contributed by atoms with Gasteiger partial charge in [0.1, 0.15) is 17.2 Å². The van der Waals surface area contributed by atoms with Crippen LogP contribution in [-0.2, 0) is 4.79 Å². The second-order valence-electron chi connectivity index (χ2n) is 6.59. The van der Waals surface area contributed by atoms with Gasteiger partial charge in [0.15, 0.2) is 12.4 Å². The average molecular weight is 408 g/mol. The standard InChI is InChI=1S/C22H20N2O4S/c1-2-19(25)15-7-9-16(10-8-15)28-14-22(26)24-18(21-6-4-12-29-21)13-17(23-24)20-5-3-11-27-20/h3-12,18H,2,13-14H2,1H3. The molecule has 0 bridgehead atoms. The van der Waals surface area contributed by atoms with Crippen molar-refractivity contribution >= 4 is 28.7 Å². The Morgan fingerprint density at radius 2 is 2.03 bits per heavy atom. The molecule has 1 aliphatic rings. The lowest BCUT2D eigenvalue weighted by molar-refractivity contribution is -0.135. The van der Waals surface area contributed by atoms with E-state index in [0.717, 1.165) is 10.6 Å². The Kier molecular flexibility index (Phi) is 5.57. The second-order valence-corrected chi connectivity index (χ2v) is 7.57. The Labute approximate surface area is 172 Å². The number of thiophene rings is 1. The lowest BCUT2D eigenvalue weighted by atomic mass is 10.1. The molecule has 0 fully saturated rings. The molecule has 1 amide bonds. The molecule has 7 heteroatoms. The monoisotopic (exact) mass is 408 g/mol. The number of furan rings is 1. The summed E-state index contributed by atoms with van der Waals surface area (Å²) < 4.78 is 11.1. The first-order valence-corrected chi connectivity index (χ1v) is 10.3. The normalized spacial score (nSPS) is 16.0. The fourth-order valence-corrected chi connectivity index (χ4v) is 4.00. The topological polar surface area (TPSA) is 72.1 Å². The highest BCUT2D eigenvalue weighted by molar-refractivity contribution is 7.10. The van der Waals surface area contributed by atoms with Crippen LogP contribution in [0, 0.1) is 0 Å². The number of hydrazone groups is 1. The van der Waals surface area contributed by atoms with Gasteiger partial charge in [0.25, 0.3) is 5.91 Å². The van der Waals surface area contributed by atoms with Crippen LogP contribution in [0.5, 0.6) is 5.75 Å². The van der Waals surface area contributed by atoms with Crippen LogP contribution in [0.1, 0.15) is 46.8 Å². The molecule has 29 heavy (non-hydrogen) atoms. The van der Waals surface area contributed by atoms with E-state index in [2.05, 4.69) is 5.10 Å². The molecular formula is C22H20N2O4S. The van der Waals surface area contributed by atoms with E-state index in [1.54, 1.807) is 47.9 Å². The first-order chi connectivity index (χ1) is 14.2. The Morgan fingerprint density at radius 1 is 1.21 bits per heavy atom. The summed E-state index contributed by atoms with van der Waals surface area (Å²) in [4.78, 5) is 25.7. The zero-order chi connectivity index (χ0) is 20.2. The first-order valence-electron chi connectivity index (χ1n) is 9.38. The minimum atomic E-state index is -0.237. The molecule has 0 spiro atoms. The summed E-state index contributed by atoms with van der Waals surface area (Å²) in [5.41, 5.74) is 1.38. The van der Waals surface area contributed by atoms with Gasteiger partial charge >= 0.3 is 0 Å². The van der Waals surface area contributed by atoms with E-state index in [1.807, 2.05) is 30.5 Å². The van der Waals surface area contributed by atoms with Crippen LogP contribution in [0.3, 0.4) is 0 Å². The van der Waals surface area contributed by atoms with Gasteiger partial charge in [-0.05, 0) is 47.8 Å². The smallest absolute Gasteiger partial charge is 0.281 e. The second kappa shape index (κ2) is 8.45. The highest BCUT2D eigenvalue weighted by atomic mass is 32.1. The quantitative estimate of drug-likeness (QED) is 0.532. The van der Waals surface area contributed by atoms with Gasteiger partial charge in [-0.3, -0.25) is 9.59 Å². The fraction of sp³-hybridized carbons (Fsp3) is 0.227. The third-order valence-electron chi connectivity index (χ3n) is 4.70. The highest BCUT2D eigenvalue weighted by Gasteiger charge is 2.34. The van der Waals surface area contributed by atoms with Gasteiger partial charge < -0.3 is 9.15 Å². The van der Waals surface area contributed by atoms with Crippen molar-refractivity contribution in [2.24, 2.45) is 5.10 Å². The van der Waals surface area contributed by atoms with Crippen molar-refractivity contribution in [1.29, 1.82) is 0 Å². The number of benzene rings is 1. The summed E-state index contributed by atoms with van der Waals surface area (Å²) in [7, 11) is 0. The minimum Gasteiger partial charge on any atom is -0.484 e. The van der Waals surface area contributed by atoms with E-state index in [4.69, 9.17) is 9.15 Å². The molecule has 1 aromatic carbocycles. The third kappa shape index (κ3) is 4.14. The van der Waals surface area contributed by atoms with Crippen LogP contribution in [0.25, 0.3) is 0 Å². The molecule has 1 atom stereocenters. The predicted molar refractivity (Wildman–Crippen MR) is 110 cm³/mol. The summed E-state index contributed by atoms with van der Waals surface area (Å²) in [6.07, 6.45) is 2.64. The number of amides is 1. The Hall–Kier alpha value is -3.19. The van der Waals surface area contributed by atoms with E-state index in [-0.39, 0.29) is 24.3 Å². The number of hydrogen-bond acceptors (Lipinski definition) is 6. The molecule has 1 unspecified atom stereocenters. The lowest BCUT2D eigenvalue weighted by Crippen LogP contribution is -2.31. The molecule has 1 aliphatic heterocycles. The van der Waals surface area contributed by atoms with Gasteiger partial charge in [-0.1, -0.05) is 13.0 Å². The van der Waals surface area contributed by atoms with Gasteiger partial charge in [0.2, 0.25) is 0 Å². The Bertz CT molecular complexity index is 1010. The van der Waals surface area contributed by atoms with E-state index in [0.29, 0.717) is 29.9 Å². The lowest BCUT2D eigenvalue weighted by Gasteiger charge is -2.20. The first kappa shape index (κ1) is 19.1. The van der Waals surface area contributed by atoms with Gasteiger partial charge in [-0.25, -0.2) is 5.01 Å².